The van der Waals surface area contributed by atoms with Crippen molar-refractivity contribution in [3.63, 3.8) is 0 Å². The number of amides is 1. The summed E-state index contributed by atoms with van der Waals surface area (Å²) in [5, 5.41) is 15.2. The molecule has 0 bridgehead atoms. The topological polar surface area (TPSA) is 66.9 Å². The molecule has 0 fully saturated rings. The monoisotopic (exact) mass is 276 g/mol. The molecule has 0 aliphatic heterocycles. The van der Waals surface area contributed by atoms with Gasteiger partial charge >= 0.3 is 0 Å². The fourth-order valence-electron chi connectivity index (χ4n) is 1.68. The van der Waals surface area contributed by atoms with Crippen molar-refractivity contribution in [3.8, 4) is 0 Å². The Kier molecular flexibility index (Phi) is 4.11. The number of benzene rings is 1. The third kappa shape index (κ3) is 3.08. The van der Waals surface area contributed by atoms with Crippen molar-refractivity contribution in [1.82, 2.24) is 10.2 Å². The Balaban J connectivity index is 2.21. The van der Waals surface area contributed by atoms with E-state index in [0.717, 1.165) is 22.7 Å². The first-order valence-corrected chi connectivity index (χ1v) is 6.87. The van der Waals surface area contributed by atoms with Gasteiger partial charge in [0.15, 0.2) is 0 Å². The Morgan fingerprint density at radius 2 is 2.16 bits per heavy atom. The molecule has 2 aromatic rings. The van der Waals surface area contributed by atoms with Crippen molar-refractivity contribution in [1.29, 1.82) is 0 Å². The lowest BCUT2D eigenvalue weighted by Gasteiger charge is -2.09. The van der Waals surface area contributed by atoms with Gasteiger partial charge in [0.1, 0.15) is 5.01 Å². The predicted molar refractivity (Wildman–Crippen MR) is 78.0 cm³/mol. The van der Waals surface area contributed by atoms with Gasteiger partial charge in [-0.25, -0.2) is 0 Å². The fraction of sp³-hybridized carbons (Fsp3) is 0.308. The summed E-state index contributed by atoms with van der Waals surface area (Å²) in [5.41, 5.74) is 2.44. The highest BCUT2D eigenvalue weighted by molar-refractivity contribution is 7.15. The SMILES string of the molecule is CCc1nnc(NC(=O)c2cc(C)ccc2NC)s1. The summed E-state index contributed by atoms with van der Waals surface area (Å²) >= 11 is 1.40. The highest BCUT2D eigenvalue weighted by Crippen LogP contribution is 2.20. The molecule has 0 saturated heterocycles. The highest BCUT2D eigenvalue weighted by atomic mass is 32.1. The summed E-state index contributed by atoms with van der Waals surface area (Å²) in [4.78, 5) is 12.2. The minimum Gasteiger partial charge on any atom is -0.387 e. The molecule has 1 aromatic carbocycles. The highest BCUT2D eigenvalue weighted by Gasteiger charge is 2.13. The summed E-state index contributed by atoms with van der Waals surface area (Å²) in [6.45, 7) is 3.96. The molecular formula is C13H16N4OS. The number of hydrogen-bond donors (Lipinski definition) is 2. The molecule has 0 aliphatic carbocycles. The molecule has 2 N–H and O–H groups in total. The molecule has 6 heteroatoms. The molecule has 0 unspecified atom stereocenters. The molecule has 0 radical (unpaired) electrons. The van der Waals surface area contributed by atoms with E-state index in [2.05, 4.69) is 20.8 Å². The van der Waals surface area contributed by atoms with Crippen LogP contribution < -0.4 is 10.6 Å². The van der Waals surface area contributed by atoms with Crippen LogP contribution in [0, 0.1) is 6.92 Å². The van der Waals surface area contributed by atoms with Gasteiger partial charge in [0.05, 0.1) is 5.56 Å². The summed E-state index contributed by atoms with van der Waals surface area (Å²) in [5.74, 6) is -0.174. The third-order valence-electron chi connectivity index (χ3n) is 2.68. The van der Waals surface area contributed by atoms with Crippen molar-refractivity contribution in [3.05, 3.63) is 34.3 Å². The minimum absolute atomic E-state index is 0.174. The van der Waals surface area contributed by atoms with Gasteiger partial charge < -0.3 is 5.32 Å². The van der Waals surface area contributed by atoms with Crippen molar-refractivity contribution >= 4 is 28.1 Å². The van der Waals surface area contributed by atoms with Crippen LogP contribution in [0.5, 0.6) is 0 Å². The third-order valence-corrected chi connectivity index (χ3v) is 3.66. The maximum atomic E-state index is 12.2. The average molecular weight is 276 g/mol. The largest absolute Gasteiger partial charge is 0.387 e. The predicted octanol–water partition coefficient (Wildman–Crippen LogP) is 2.70. The van der Waals surface area contributed by atoms with E-state index in [1.54, 1.807) is 7.05 Å². The Labute approximate surface area is 116 Å². The van der Waals surface area contributed by atoms with Crippen LogP contribution in [-0.4, -0.2) is 23.2 Å². The number of nitrogens with zero attached hydrogens (tertiary/aromatic N) is 2. The number of aryl methyl sites for hydroxylation is 2. The zero-order chi connectivity index (χ0) is 13.8. The van der Waals surface area contributed by atoms with Crippen molar-refractivity contribution in [2.75, 3.05) is 17.7 Å². The van der Waals surface area contributed by atoms with Gasteiger partial charge in [-0.3, -0.25) is 10.1 Å². The lowest BCUT2D eigenvalue weighted by Crippen LogP contribution is -2.14. The van der Waals surface area contributed by atoms with E-state index in [-0.39, 0.29) is 5.91 Å². The fourth-order valence-corrected chi connectivity index (χ4v) is 2.35. The van der Waals surface area contributed by atoms with Gasteiger partial charge in [0.25, 0.3) is 5.91 Å². The average Bonchev–Trinajstić information content (AvgIpc) is 2.86. The van der Waals surface area contributed by atoms with E-state index in [1.807, 2.05) is 32.0 Å². The van der Waals surface area contributed by atoms with Crippen LogP contribution in [0.4, 0.5) is 10.8 Å². The van der Waals surface area contributed by atoms with E-state index in [9.17, 15) is 4.79 Å². The zero-order valence-electron chi connectivity index (χ0n) is 11.2. The number of anilines is 2. The van der Waals surface area contributed by atoms with E-state index in [0.29, 0.717) is 10.7 Å². The maximum Gasteiger partial charge on any atom is 0.259 e. The molecule has 0 aliphatic rings. The molecule has 0 spiro atoms. The summed E-state index contributed by atoms with van der Waals surface area (Å²) in [6, 6.07) is 5.70. The number of nitrogens with one attached hydrogen (secondary N) is 2. The van der Waals surface area contributed by atoms with Crippen LogP contribution in [0.1, 0.15) is 27.9 Å². The number of aromatic nitrogens is 2. The van der Waals surface area contributed by atoms with Crippen LogP contribution in [-0.2, 0) is 6.42 Å². The number of hydrogen-bond acceptors (Lipinski definition) is 5. The van der Waals surface area contributed by atoms with Gasteiger partial charge in [-0.05, 0) is 25.5 Å². The Morgan fingerprint density at radius 3 is 2.79 bits per heavy atom. The normalized spacial score (nSPS) is 10.3. The smallest absolute Gasteiger partial charge is 0.259 e. The van der Waals surface area contributed by atoms with Crippen LogP contribution in [0.3, 0.4) is 0 Å². The molecule has 5 nitrogen and oxygen atoms in total. The number of carbonyl (C=O) groups is 1. The molecule has 1 amide bonds. The van der Waals surface area contributed by atoms with E-state index in [1.165, 1.54) is 11.3 Å². The van der Waals surface area contributed by atoms with Gasteiger partial charge in [-0.1, -0.05) is 29.9 Å². The second kappa shape index (κ2) is 5.79. The maximum absolute atomic E-state index is 12.2. The molecule has 2 rings (SSSR count). The van der Waals surface area contributed by atoms with Gasteiger partial charge in [0.2, 0.25) is 5.13 Å². The van der Waals surface area contributed by atoms with E-state index in [4.69, 9.17) is 0 Å². The van der Waals surface area contributed by atoms with Crippen LogP contribution in [0.15, 0.2) is 18.2 Å². The van der Waals surface area contributed by atoms with Crippen LogP contribution in [0.2, 0.25) is 0 Å². The lowest BCUT2D eigenvalue weighted by atomic mass is 10.1. The Hall–Kier alpha value is -1.95. The summed E-state index contributed by atoms with van der Waals surface area (Å²) in [6.07, 6.45) is 0.819. The summed E-state index contributed by atoms with van der Waals surface area (Å²) < 4.78 is 0. The molecule has 100 valence electrons. The quantitative estimate of drug-likeness (QED) is 0.901. The number of rotatable bonds is 4. The number of carbonyl (C=O) groups excluding carboxylic acids is 1. The van der Waals surface area contributed by atoms with Gasteiger partial charge in [0, 0.05) is 12.7 Å². The second-order valence-electron chi connectivity index (χ2n) is 4.11. The molecule has 1 heterocycles. The molecule has 0 saturated carbocycles. The molecule has 19 heavy (non-hydrogen) atoms. The van der Waals surface area contributed by atoms with E-state index >= 15 is 0 Å². The minimum atomic E-state index is -0.174. The molecular weight excluding hydrogens is 260 g/mol. The van der Waals surface area contributed by atoms with Crippen molar-refractivity contribution < 1.29 is 4.79 Å². The van der Waals surface area contributed by atoms with Crippen LogP contribution in [0.25, 0.3) is 0 Å². The Bertz CT molecular complexity index is 594. The van der Waals surface area contributed by atoms with Gasteiger partial charge in [-0.2, -0.15) is 0 Å². The Morgan fingerprint density at radius 1 is 1.37 bits per heavy atom. The van der Waals surface area contributed by atoms with Crippen LogP contribution >= 0.6 is 11.3 Å². The first-order valence-electron chi connectivity index (χ1n) is 6.06. The standard InChI is InChI=1S/C13H16N4OS/c1-4-11-16-17-13(19-11)15-12(18)9-7-8(2)5-6-10(9)14-3/h5-7,14H,4H2,1-3H3,(H,15,17,18). The van der Waals surface area contributed by atoms with Gasteiger partial charge in [-0.15, -0.1) is 10.2 Å². The summed E-state index contributed by atoms with van der Waals surface area (Å²) in [7, 11) is 1.79. The second-order valence-corrected chi connectivity index (χ2v) is 5.17. The van der Waals surface area contributed by atoms with E-state index < -0.39 is 0 Å². The first kappa shape index (κ1) is 13.5. The lowest BCUT2D eigenvalue weighted by molar-refractivity contribution is 0.102. The van der Waals surface area contributed by atoms with Crippen molar-refractivity contribution in [2.45, 2.75) is 20.3 Å². The molecule has 0 atom stereocenters. The van der Waals surface area contributed by atoms with Crippen molar-refractivity contribution in [2.24, 2.45) is 0 Å². The zero-order valence-corrected chi connectivity index (χ0v) is 12.0. The molecule has 1 aromatic heterocycles. The first-order chi connectivity index (χ1) is 9.13.